The number of benzene rings is 1. The maximum absolute atomic E-state index is 5.78. The monoisotopic (exact) mass is 299 g/mol. The molecule has 0 radical (unpaired) electrons. The fourth-order valence-corrected chi connectivity index (χ4v) is 2.86. The van der Waals surface area contributed by atoms with Crippen molar-refractivity contribution in [2.75, 3.05) is 5.73 Å². The maximum atomic E-state index is 5.78. The molecule has 0 unspecified atom stereocenters. The predicted octanol–water partition coefficient (Wildman–Crippen LogP) is 3.52. The molecule has 3 N–H and O–H groups in total. The number of imidazole rings is 1. The van der Waals surface area contributed by atoms with Gasteiger partial charge in [-0.25, -0.2) is 15.0 Å². The van der Waals surface area contributed by atoms with Gasteiger partial charge in [0.1, 0.15) is 0 Å². The normalized spacial score (nSPS) is 11.4. The van der Waals surface area contributed by atoms with Gasteiger partial charge in [-0.2, -0.15) is 0 Å². The summed E-state index contributed by atoms with van der Waals surface area (Å²) in [5.41, 5.74) is 10.3. The van der Waals surface area contributed by atoms with Gasteiger partial charge < -0.3 is 10.7 Å². The number of nitrogens with one attached hydrogen (secondary N) is 1. The Morgan fingerprint density at radius 1 is 1.14 bits per heavy atom. The zero-order valence-corrected chi connectivity index (χ0v) is 13.0. The molecule has 0 atom stereocenters. The Labute approximate surface area is 127 Å². The first-order chi connectivity index (χ1) is 10.0. The van der Waals surface area contributed by atoms with E-state index < -0.39 is 0 Å². The standard InChI is InChI=1S/C15H17N5S/c1-8(2)12-6-9(3)17-14(19-12)21-15-18-11-5-4-10(16)7-13(11)20-15/h4-8H,16H2,1-3H3,(H,18,20). The average molecular weight is 299 g/mol. The number of aromatic nitrogens is 4. The van der Waals surface area contributed by atoms with Crippen LogP contribution in [0.2, 0.25) is 0 Å². The van der Waals surface area contributed by atoms with E-state index in [1.807, 2.05) is 31.2 Å². The molecule has 0 spiro atoms. The van der Waals surface area contributed by atoms with Gasteiger partial charge in [-0.1, -0.05) is 13.8 Å². The molecule has 6 heteroatoms. The van der Waals surface area contributed by atoms with Gasteiger partial charge in [0.15, 0.2) is 10.3 Å². The van der Waals surface area contributed by atoms with E-state index in [4.69, 9.17) is 5.73 Å². The van der Waals surface area contributed by atoms with Crippen LogP contribution in [0.4, 0.5) is 5.69 Å². The van der Waals surface area contributed by atoms with Crippen LogP contribution in [0.3, 0.4) is 0 Å². The number of nitrogen functional groups attached to an aromatic ring is 1. The quantitative estimate of drug-likeness (QED) is 0.571. The van der Waals surface area contributed by atoms with Gasteiger partial charge in [0, 0.05) is 17.1 Å². The first kappa shape index (κ1) is 13.9. The van der Waals surface area contributed by atoms with Crippen molar-refractivity contribution in [2.45, 2.75) is 37.0 Å². The van der Waals surface area contributed by atoms with E-state index >= 15 is 0 Å². The lowest BCUT2D eigenvalue weighted by atomic mass is 10.1. The van der Waals surface area contributed by atoms with Crippen molar-refractivity contribution in [3.05, 3.63) is 35.7 Å². The van der Waals surface area contributed by atoms with Crippen LogP contribution in [-0.2, 0) is 0 Å². The molecule has 3 aromatic rings. The summed E-state index contributed by atoms with van der Waals surface area (Å²) in [4.78, 5) is 16.8. The van der Waals surface area contributed by atoms with E-state index in [2.05, 4.69) is 33.8 Å². The Hall–Kier alpha value is -2.08. The number of hydrogen-bond acceptors (Lipinski definition) is 5. The lowest BCUT2D eigenvalue weighted by Crippen LogP contribution is -1.98. The molecule has 0 aliphatic rings. The minimum absolute atomic E-state index is 0.376. The van der Waals surface area contributed by atoms with Gasteiger partial charge in [-0.15, -0.1) is 0 Å². The highest BCUT2D eigenvalue weighted by molar-refractivity contribution is 7.99. The lowest BCUT2D eigenvalue weighted by molar-refractivity contribution is 0.768. The largest absolute Gasteiger partial charge is 0.399 e. The van der Waals surface area contributed by atoms with Crippen LogP contribution >= 0.6 is 11.8 Å². The Balaban J connectivity index is 1.94. The Kier molecular flexibility index (Phi) is 3.55. The van der Waals surface area contributed by atoms with Gasteiger partial charge in [0.25, 0.3) is 0 Å². The Morgan fingerprint density at radius 2 is 1.95 bits per heavy atom. The Morgan fingerprint density at radius 3 is 2.71 bits per heavy atom. The summed E-state index contributed by atoms with van der Waals surface area (Å²) in [5.74, 6) is 0.376. The maximum Gasteiger partial charge on any atom is 0.195 e. The average Bonchev–Trinajstić information content (AvgIpc) is 2.79. The summed E-state index contributed by atoms with van der Waals surface area (Å²) in [6.45, 7) is 6.23. The fourth-order valence-electron chi connectivity index (χ4n) is 2.04. The third-order valence-corrected chi connectivity index (χ3v) is 3.87. The van der Waals surface area contributed by atoms with Crippen molar-refractivity contribution in [1.29, 1.82) is 0 Å². The van der Waals surface area contributed by atoms with E-state index in [-0.39, 0.29) is 0 Å². The lowest BCUT2D eigenvalue weighted by Gasteiger charge is -2.06. The number of aryl methyl sites for hydroxylation is 1. The highest BCUT2D eigenvalue weighted by Gasteiger charge is 2.10. The SMILES string of the molecule is Cc1cc(C(C)C)nc(Sc2nc3ccc(N)cc3[nH]2)n1. The van der Waals surface area contributed by atoms with Gasteiger partial charge in [0.2, 0.25) is 0 Å². The van der Waals surface area contributed by atoms with E-state index in [1.54, 1.807) is 0 Å². The van der Waals surface area contributed by atoms with Gasteiger partial charge in [-0.05, 0) is 48.9 Å². The molecule has 2 heterocycles. The number of fused-ring (bicyclic) bond motifs is 1. The molecule has 0 aliphatic heterocycles. The van der Waals surface area contributed by atoms with Crippen molar-refractivity contribution in [3.63, 3.8) is 0 Å². The van der Waals surface area contributed by atoms with Crippen molar-refractivity contribution < 1.29 is 0 Å². The molecule has 108 valence electrons. The fraction of sp³-hybridized carbons (Fsp3) is 0.267. The number of nitrogens with two attached hydrogens (primary N) is 1. The van der Waals surface area contributed by atoms with E-state index in [0.717, 1.165) is 33.3 Å². The van der Waals surface area contributed by atoms with E-state index in [9.17, 15) is 0 Å². The molecule has 0 amide bonds. The molecule has 5 nitrogen and oxygen atoms in total. The number of anilines is 1. The van der Waals surface area contributed by atoms with Crippen LogP contribution < -0.4 is 5.73 Å². The summed E-state index contributed by atoms with van der Waals surface area (Å²) in [6.07, 6.45) is 0. The minimum Gasteiger partial charge on any atom is -0.399 e. The van der Waals surface area contributed by atoms with Crippen LogP contribution in [0.5, 0.6) is 0 Å². The van der Waals surface area contributed by atoms with Gasteiger partial charge in [0.05, 0.1) is 11.0 Å². The molecule has 0 aliphatic carbocycles. The van der Waals surface area contributed by atoms with Crippen LogP contribution in [0.15, 0.2) is 34.6 Å². The summed E-state index contributed by atoms with van der Waals surface area (Å²) >= 11 is 1.44. The van der Waals surface area contributed by atoms with E-state index in [0.29, 0.717) is 11.1 Å². The second kappa shape index (κ2) is 5.37. The van der Waals surface area contributed by atoms with Crippen LogP contribution in [-0.4, -0.2) is 19.9 Å². The zero-order valence-electron chi connectivity index (χ0n) is 12.2. The number of H-pyrrole nitrogens is 1. The number of aromatic amines is 1. The minimum atomic E-state index is 0.376. The first-order valence-corrected chi connectivity index (χ1v) is 7.61. The second-order valence-electron chi connectivity index (χ2n) is 5.29. The molecule has 0 bridgehead atoms. The smallest absolute Gasteiger partial charge is 0.195 e. The topological polar surface area (TPSA) is 80.5 Å². The second-order valence-corrected chi connectivity index (χ2v) is 6.25. The zero-order chi connectivity index (χ0) is 15.0. The molecular formula is C15H17N5S. The Bertz CT molecular complexity index is 794. The van der Waals surface area contributed by atoms with Gasteiger partial charge >= 0.3 is 0 Å². The summed E-state index contributed by atoms with van der Waals surface area (Å²) in [6, 6.07) is 7.65. The van der Waals surface area contributed by atoms with Crippen molar-refractivity contribution in [3.8, 4) is 0 Å². The number of rotatable bonds is 3. The van der Waals surface area contributed by atoms with Crippen LogP contribution in [0, 0.1) is 6.92 Å². The molecule has 2 aromatic heterocycles. The number of nitrogens with zero attached hydrogens (tertiary/aromatic N) is 3. The molecule has 0 saturated heterocycles. The highest BCUT2D eigenvalue weighted by Crippen LogP contribution is 2.26. The van der Waals surface area contributed by atoms with Crippen LogP contribution in [0.25, 0.3) is 11.0 Å². The van der Waals surface area contributed by atoms with Crippen LogP contribution in [0.1, 0.15) is 31.2 Å². The van der Waals surface area contributed by atoms with Gasteiger partial charge in [-0.3, -0.25) is 0 Å². The molecule has 0 fully saturated rings. The van der Waals surface area contributed by atoms with Crippen molar-refractivity contribution >= 4 is 28.5 Å². The third kappa shape index (κ3) is 3.00. The molecule has 0 saturated carbocycles. The molecular weight excluding hydrogens is 282 g/mol. The molecule has 21 heavy (non-hydrogen) atoms. The van der Waals surface area contributed by atoms with E-state index in [1.165, 1.54) is 11.8 Å². The highest BCUT2D eigenvalue weighted by atomic mass is 32.2. The predicted molar refractivity (Wildman–Crippen MR) is 85.5 cm³/mol. The molecule has 1 aromatic carbocycles. The summed E-state index contributed by atoms with van der Waals surface area (Å²) in [5, 5.41) is 1.49. The molecule has 3 rings (SSSR count). The summed E-state index contributed by atoms with van der Waals surface area (Å²) < 4.78 is 0. The third-order valence-electron chi connectivity index (χ3n) is 3.12. The van der Waals surface area contributed by atoms with Crippen molar-refractivity contribution in [2.24, 2.45) is 0 Å². The number of hydrogen-bond donors (Lipinski definition) is 2. The first-order valence-electron chi connectivity index (χ1n) is 6.80. The van der Waals surface area contributed by atoms with Crippen molar-refractivity contribution in [1.82, 2.24) is 19.9 Å². The summed E-state index contributed by atoms with van der Waals surface area (Å²) in [7, 11) is 0.